The average Bonchev–Trinajstić information content (AvgIpc) is 2.71. The van der Waals surface area contributed by atoms with Gasteiger partial charge in [0.1, 0.15) is 17.4 Å². The summed E-state index contributed by atoms with van der Waals surface area (Å²) in [5.41, 5.74) is 1.22. The molecule has 36 heavy (non-hydrogen) atoms. The molecule has 11 heteroatoms. The number of rotatable bonds is 16. The second-order valence-corrected chi connectivity index (χ2v) is 11.5. The molecule has 0 saturated heterocycles. The number of nitrogens with two attached hydrogens (primary N) is 1. The Morgan fingerprint density at radius 2 is 1.36 bits per heavy atom. The van der Waals surface area contributed by atoms with Gasteiger partial charge in [0.05, 0.1) is 23.2 Å². The minimum absolute atomic E-state index is 0.131. The predicted molar refractivity (Wildman–Crippen MR) is 140 cm³/mol. The summed E-state index contributed by atoms with van der Waals surface area (Å²) in [6.45, 7) is 14.7. The van der Waals surface area contributed by atoms with Gasteiger partial charge in [-0.25, -0.2) is 0 Å². The van der Waals surface area contributed by atoms with Crippen LogP contribution in [0.3, 0.4) is 0 Å². The van der Waals surface area contributed by atoms with Crippen LogP contribution in [0.15, 0.2) is 0 Å². The maximum absolute atomic E-state index is 13.2. The Hall–Kier alpha value is -2.37. The van der Waals surface area contributed by atoms with Gasteiger partial charge in [0.2, 0.25) is 17.7 Å². The SMILES string of the molecule is CNCCCCC(NC(=O)C(C)(C)NC(C)(C)C(C)=O)C(=O)NC(C)(C)C(=O)NCC(=O)C(C)(C)N. The van der Waals surface area contributed by atoms with Crippen molar-refractivity contribution >= 4 is 29.3 Å². The van der Waals surface area contributed by atoms with Gasteiger partial charge < -0.3 is 27.0 Å². The van der Waals surface area contributed by atoms with E-state index in [-0.39, 0.29) is 18.1 Å². The van der Waals surface area contributed by atoms with Crippen LogP contribution in [0.1, 0.15) is 81.6 Å². The molecule has 0 rings (SSSR count). The van der Waals surface area contributed by atoms with Crippen molar-refractivity contribution in [2.45, 2.75) is 110 Å². The molecule has 0 saturated carbocycles. The Morgan fingerprint density at radius 3 is 1.83 bits per heavy atom. The van der Waals surface area contributed by atoms with Gasteiger partial charge in [0.25, 0.3) is 0 Å². The number of amides is 3. The molecule has 0 bridgehead atoms. The Morgan fingerprint density at radius 1 is 0.806 bits per heavy atom. The third-order valence-corrected chi connectivity index (χ3v) is 6.00. The first kappa shape index (κ1) is 33.6. The maximum Gasteiger partial charge on any atom is 0.245 e. The van der Waals surface area contributed by atoms with Crippen LogP contribution >= 0.6 is 0 Å². The summed E-state index contributed by atoms with van der Waals surface area (Å²) in [7, 11) is 1.83. The van der Waals surface area contributed by atoms with E-state index in [1.54, 1.807) is 41.5 Å². The molecule has 208 valence electrons. The highest BCUT2D eigenvalue weighted by Gasteiger charge is 2.39. The fourth-order valence-corrected chi connectivity index (χ4v) is 3.24. The number of carbonyl (C=O) groups excluding carboxylic acids is 5. The summed E-state index contributed by atoms with van der Waals surface area (Å²) in [6.07, 6.45) is 1.79. The first-order valence-corrected chi connectivity index (χ1v) is 12.4. The molecule has 0 aromatic heterocycles. The monoisotopic (exact) mass is 512 g/mol. The second-order valence-electron chi connectivity index (χ2n) is 11.5. The zero-order valence-electron chi connectivity index (χ0n) is 23.7. The summed E-state index contributed by atoms with van der Waals surface area (Å²) in [4.78, 5) is 63.0. The predicted octanol–water partition coefficient (Wildman–Crippen LogP) is -0.0859. The number of nitrogens with one attached hydrogen (secondary N) is 5. The number of unbranched alkanes of at least 4 members (excludes halogenated alkanes) is 1. The first-order chi connectivity index (χ1) is 16.2. The van der Waals surface area contributed by atoms with Crippen LogP contribution in [-0.2, 0) is 24.0 Å². The lowest BCUT2D eigenvalue weighted by Gasteiger charge is -2.36. The van der Waals surface area contributed by atoms with Crippen molar-refractivity contribution in [1.29, 1.82) is 0 Å². The van der Waals surface area contributed by atoms with Crippen LogP contribution in [0.25, 0.3) is 0 Å². The van der Waals surface area contributed by atoms with Crippen molar-refractivity contribution in [2.24, 2.45) is 5.73 Å². The number of hydrogen-bond donors (Lipinski definition) is 6. The third-order valence-electron chi connectivity index (χ3n) is 6.00. The number of hydrogen-bond acceptors (Lipinski definition) is 8. The second kappa shape index (κ2) is 13.3. The smallest absolute Gasteiger partial charge is 0.245 e. The Bertz CT molecular complexity index is 814. The van der Waals surface area contributed by atoms with Gasteiger partial charge in [-0.05, 0) is 95.2 Å². The van der Waals surface area contributed by atoms with Gasteiger partial charge in [-0.15, -0.1) is 0 Å². The molecule has 0 radical (unpaired) electrons. The van der Waals surface area contributed by atoms with Crippen molar-refractivity contribution in [3.05, 3.63) is 0 Å². The standard InChI is InChI=1S/C25H48N6O5/c1-16(32)23(4,5)31-25(8,9)21(36)29-17(13-11-12-14-27-10)19(34)30-24(6,7)20(35)28-15-18(33)22(2,3)26/h17,27,31H,11-15,26H2,1-10H3,(H,28,35)(H,29,36)(H,30,34). The normalized spacial score (nSPS) is 13.5. The highest BCUT2D eigenvalue weighted by molar-refractivity contribution is 5.98. The van der Waals surface area contributed by atoms with E-state index in [1.807, 2.05) is 7.05 Å². The summed E-state index contributed by atoms with van der Waals surface area (Å²) in [5.74, 6) is -2.02. The van der Waals surface area contributed by atoms with E-state index in [4.69, 9.17) is 5.73 Å². The zero-order valence-corrected chi connectivity index (χ0v) is 23.7. The number of Topliss-reactive ketones (excluding diaryl/α,β-unsaturated/α-hetero) is 2. The molecule has 0 heterocycles. The summed E-state index contributed by atoms with van der Waals surface area (Å²) < 4.78 is 0. The van der Waals surface area contributed by atoms with Crippen molar-refractivity contribution in [1.82, 2.24) is 26.6 Å². The van der Waals surface area contributed by atoms with Gasteiger partial charge in [0.15, 0.2) is 5.78 Å². The van der Waals surface area contributed by atoms with Crippen LogP contribution in [0.4, 0.5) is 0 Å². The zero-order chi connectivity index (χ0) is 28.5. The van der Waals surface area contributed by atoms with Crippen molar-refractivity contribution in [3.8, 4) is 0 Å². The molecule has 11 nitrogen and oxygen atoms in total. The lowest BCUT2D eigenvalue weighted by atomic mass is 9.93. The molecule has 0 fully saturated rings. The van der Waals surface area contributed by atoms with Gasteiger partial charge in [-0.3, -0.25) is 29.3 Å². The van der Waals surface area contributed by atoms with Crippen LogP contribution in [-0.4, -0.2) is 77.6 Å². The fourth-order valence-electron chi connectivity index (χ4n) is 3.24. The molecule has 0 aliphatic rings. The molecular weight excluding hydrogens is 464 g/mol. The van der Waals surface area contributed by atoms with Crippen LogP contribution in [0.5, 0.6) is 0 Å². The highest BCUT2D eigenvalue weighted by Crippen LogP contribution is 2.14. The molecule has 7 N–H and O–H groups in total. The largest absolute Gasteiger partial charge is 0.347 e. The molecule has 0 aliphatic carbocycles. The van der Waals surface area contributed by atoms with Crippen molar-refractivity contribution in [2.75, 3.05) is 20.1 Å². The first-order valence-electron chi connectivity index (χ1n) is 12.4. The molecular formula is C25H48N6O5. The van der Waals surface area contributed by atoms with Gasteiger partial charge in [-0.1, -0.05) is 0 Å². The van der Waals surface area contributed by atoms with E-state index in [0.717, 1.165) is 13.0 Å². The average molecular weight is 513 g/mol. The molecule has 0 aromatic carbocycles. The minimum atomic E-state index is -1.35. The van der Waals surface area contributed by atoms with Crippen LogP contribution in [0, 0.1) is 0 Å². The minimum Gasteiger partial charge on any atom is -0.347 e. The van der Waals surface area contributed by atoms with E-state index in [2.05, 4.69) is 26.6 Å². The highest BCUT2D eigenvalue weighted by atomic mass is 16.2. The molecule has 1 atom stereocenters. The maximum atomic E-state index is 13.2. The van der Waals surface area contributed by atoms with E-state index < -0.39 is 45.9 Å². The summed E-state index contributed by atoms with van der Waals surface area (Å²) in [5, 5.41) is 14.1. The molecule has 3 amide bonds. The Labute approximate surface area is 215 Å². The third kappa shape index (κ3) is 11.1. The molecule has 0 aromatic rings. The van der Waals surface area contributed by atoms with E-state index >= 15 is 0 Å². The van der Waals surface area contributed by atoms with E-state index in [1.165, 1.54) is 20.8 Å². The van der Waals surface area contributed by atoms with Gasteiger partial charge in [-0.2, -0.15) is 0 Å². The quantitative estimate of drug-likeness (QED) is 0.156. The lowest BCUT2D eigenvalue weighted by molar-refractivity contribution is -0.137. The van der Waals surface area contributed by atoms with E-state index in [9.17, 15) is 24.0 Å². The molecule has 0 aliphatic heterocycles. The van der Waals surface area contributed by atoms with Crippen LogP contribution in [0.2, 0.25) is 0 Å². The number of ketones is 2. The topological polar surface area (TPSA) is 172 Å². The van der Waals surface area contributed by atoms with Gasteiger partial charge >= 0.3 is 0 Å². The number of carbonyl (C=O) groups is 5. The van der Waals surface area contributed by atoms with Crippen molar-refractivity contribution in [3.63, 3.8) is 0 Å². The van der Waals surface area contributed by atoms with Crippen LogP contribution < -0.4 is 32.3 Å². The molecule has 0 spiro atoms. The summed E-state index contributed by atoms with van der Waals surface area (Å²) >= 11 is 0. The molecule has 1 unspecified atom stereocenters. The van der Waals surface area contributed by atoms with E-state index in [0.29, 0.717) is 12.8 Å². The van der Waals surface area contributed by atoms with Gasteiger partial charge in [0, 0.05) is 0 Å². The Balaban J connectivity index is 5.51. The Kier molecular flexibility index (Phi) is 12.4. The lowest BCUT2D eigenvalue weighted by Crippen LogP contribution is -2.65. The van der Waals surface area contributed by atoms with Crippen molar-refractivity contribution < 1.29 is 24.0 Å². The fraction of sp³-hybridized carbons (Fsp3) is 0.800. The summed E-state index contributed by atoms with van der Waals surface area (Å²) in [6, 6.07) is -0.910.